The molecule has 0 spiro atoms. The van der Waals surface area contributed by atoms with Gasteiger partial charge < -0.3 is 10.5 Å². The molecule has 1 heterocycles. The molecule has 0 aliphatic heterocycles. The number of aromatic amines is 2. The fourth-order valence-electron chi connectivity index (χ4n) is 0.501. The molecule has 1 amide bonds. The van der Waals surface area contributed by atoms with Crippen LogP contribution >= 0.6 is 0 Å². The Hall–Kier alpha value is -2.12. The minimum atomic E-state index is -1.18. The largest absolute Gasteiger partial charge is 0.411 e. The summed E-state index contributed by atoms with van der Waals surface area (Å²) in [6.45, 7) is 0. The van der Waals surface area contributed by atoms with Crippen LogP contribution in [0.15, 0.2) is 9.59 Å². The first kappa shape index (κ1) is 7.98. The topological polar surface area (TPSA) is 131 Å². The van der Waals surface area contributed by atoms with Crippen molar-refractivity contribution >= 4 is 6.09 Å². The van der Waals surface area contributed by atoms with Crippen LogP contribution in [-0.4, -0.2) is 21.3 Å². The molecule has 12 heavy (non-hydrogen) atoms. The molecule has 0 unspecified atom stereocenters. The molecule has 0 atom stereocenters. The standard InChI is InChI=1S/C4H4N4O4/c5-3(10)12-2-1(9)6-4(11)8-7-2/h(H2,5,10)(H2,6,8,9,11). The predicted molar refractivity (Wildman–Crippen MR) is 35.7 cm³/mol. The van der Waals surface area contributed by atoms with E-state index in [-0.39, 0.29) is 0 Å². The number of aromatic nitrogens is 3. The normalized spacial score (nSPS) is 9.33. The molecule has 64 valence electrons. The van der Waals surface area contributed by atoms with Gasteiger partial charge in [0.1, 0.15) is 0 Å². The van der Waals surface area contributed by atoms with Gasteiger partial charge in [0.2, 0.25) is 0 Å². The van der Waals surface area contributed by atoms with Crippen LogP contribution in [0.4, 0.5) is 4.79 Å². The van der Waals surface area contributed by atoms with Crippen LogP contribution in [0.2, 0.25) is 0 Å². The number of rotatable bonds is 1. The second kappa shape index (κ2) is 2.86. The van der Waals surface area contributed by atoms with E-state index in [1.165, 1.54) is 0 Å². The Morgan fingerprint density at radius 2 is 2.17 bits per heavy atom. The lowest BCUT2D eigenvalue weighted by Gasteiger charge is -1.94. The first-order valence-electron chi connectivity index (χ1n) is 2.76. The minimum Gasteiger partial charge on any atom is -0.384 e. The summed E-state index contributed by atoms with van der Waals surface area (Å²) in [5.41, 5.74) is 2.87. The third-order valence-corrected chi connectivity index (χ3v) is 0.878. The van der Waals surface area contributed by atoms with Gasteiger partial charge in [0.25, 0.3) is 0 Å². The van der Waals surface area contributed by atoms with E-state index in [0.717, 1.165) is 0 Å². The third-order valence-electron chi connectivity index (χ3n) is 0.878. The zero-order valence-corrected chi connectivity index (χ0v) is 5.66. The van der Waals surface area contributed by atoms with E-state index in [9.17, 15) is 14.4 Å². The maximum Gasteiger partial charge on any atom is 0.411 e. The molecular formula is C4H4N4O4. The molecule has 0 aliphatic carbocycles. The van der Waals surface area contributed by atoms with Crippen molar-refractivity contribution in [3.8, 4) is 5.88 Å². The molecule has 0 aliphatic rings. The molecule has 0 saturated heterocycles. The molecule has 8 nitrogen and oxygen atoms in total. The van der Waals surface area contributed by atoms with Crippen LogP contribution in [0.3, 0.4) is 0 Å². The molecule has 0 radical (unpaired) electrons. The average molecular weight is 172 g/mol. The summed E-state index contributed by atoms with van der Waals surface area (Å²) in [6.07, 6.45) is -1.18. The number of nitrogens with two attached hydrogens (primary N) is 1. The zero-order chi connectivity index (χ0) is 9.14. The Bertz CT molecular complexity index is 404. The van der Waals surface area contributed by atoms with Crippen molar-refractivity contribution in [2.75, 3.05) is 0 Å². The molecule has 4 N–H and O–H groups in total. The highest BCUT2D eigenvalue weighted by atomic mass is 16.6. The summed E-state index contributed by atoms with van der Waals surface area (Å²) in [7, 11) is 0. The van der Waals surface area contributed by atoms with Crippen LogP contribution in [0.1, 0.15) is 0 Å². The van der Waals surface area contributed by atoms with Gasteiger partial charge in [0.05, 0.1) is 0 Å². The second-order valence-electron chi connectivity index (χ2n) is 1.73. The monoisotopic (exact) mass is 172 g/mol. The number of carbonyl (C=O) groups is 1. The Kier molecular flexibility index (Phi) is 1.90. The fraction of sp³-hybridized carbons (Fsp3) is 0. The van der Waals surface area contributed by atoms with Gasteiger partial charge in [-0.1, -0.05) is 0 Å². The number of nitrogens with zero attached hydrogens (tertiary/aromatic N) is 1. The number of amides is 1. The molecular weight excluding hydrogens is 168 g/mol. The molecule has 0 aromatic carbocycles. The van der Waals surface area contributed by atoms with Crippen molar-refractivity contribution in [1.82, 2.24) is 15.2 Å². The molecule has 8 heteroatoms. The van der Waals surface area contributed by atoms with Gasteiger partial charge in [0.15, 0.2) is 0 Å². The first-order valence-corrected chi connectivity index (χ1v) is 2.76. The van der Waals surface area contributed by atoms with Crippen LogP contribution in [-0.2, 0) is 0 Å². The maximum atomic E-state index is 10.7. The van der Waals surface area contributed by atoms with Crippen LogP contribution < -0.4 is 21.7 Å². The highest BCUT2D eigenvalue weighted by Crippen LogP contribution is 1.88. The number of hydrogen-bond acceptors (Lipinski definition) is 5. The van der Waals surface area contributed by atoms with E-state index in [0.29, 0.717) is 0 Å². The summed E-state index contributed by atoms with van der Waals surface area (Å²) in [4.78, 5) is 33.0. The summed E-state index contributed by atoms with van der Waals surface area (Å²) < 4.78 is 4.11. The zero-order valence-electron chi connectivity index (χ0n) is 5.66. The summed E-state index contributed by atoms with van der Waals surface area (Å²) in [5, 5.41) is 4.97. The number of hydrogen-bond donors (Lipinski definition) is 3. The highest BCUT2D eigenvalue weighted by Gasteiger charge is 2.05. The Morgan fingerprint density at radius 3 is 2.67 bits per heavy atom. The van der Waals surface area contributed by atoms with E-state index in [4.69, 9.17) is 0 Å². The number of carbonyl (C=O) groups excluding carboxylic acids is 1. The summed E-state index contributed by atoms with van der Waals surface area (Å²) >= 11 is 0. The van der Waals surface area contributed by atoms with E-state index in [1.807, 2.05) is 5.10 Å². The summed E-state index contributed by atoms with van der Waals surface area (Å²) in [5.74, 6) is -0.595. The van der Waals surface area contributed by atoms with E-state index < -0.39 is 23.2 Å². The Morgan fingerprint density at radius 1 is 1.50 bits per heavy atom. The minimum absolute atomic E-state index is 0.595. The average Bonchev–Trinajstić information content (AvgIpc) is 1.94. The smallest absolute Gasteiger partial charge is 0.384 e. The lowest BCUT2D eigenvalue weighted by molar-refractivity contribution is 0.207. The van der Waals surface area contributed by atoms with E-state index >= 15 is 0 Å². The molecule has 0 bridgehead atoms. The highest BCUT2D eigenvalue weighted by molar-refractivity contribution is 5.67. The lowest BCUT2D eigenvalue weighted by atomic mass is 10.8. The van der Waals surface area contributed by atoms with Gasteiger partial charge >= 0.3 is 23.2 Å². The maximum absolute atomic E-state index is 10.7. The van der Waals surface area contributed by atoms with Crippen molar-refractivity contribution in [3.05, 3.63) is 20.8 Å². The third kappa shape index (κ3) is 1.68. The molecule has 0 fully saturated rings. The van der Waals surface area contributed by atoms with Gasteiger partial charge in [-0.15, -0.1) is 5.10 Å². The van der Waals surface area contributed by atoms with Gasteiger partial charge in [-0.05, 0) is 0 Å². The van der Waals surface area contributed by atoms with Crippen LogP contribution in [0, 0.1) is 0 Å². The van der Waals surface area contributed by atoms with E-state index in [2.05, 4.69) is 15.6 Å². The van der Waals surface area contributed by atoms with Crippen molar-refractivity contribution in [1.29, 1.82) is 0 Å². The summed E-state index contributed by atoms with van der Waals surface area (Å²) in [6, 6.07) is 0. The van der Waals surface area contributed by atoms with Gasteiger partial charge in [-0.3, -0.25) is 9.78 Å². The van der Waals surface area contributed by atoms with Crippen molar-refractivity contribution in [3.63, 3.8) is 0 Å². The van der Waals surface area contributed by atoms with Gasteiger partial charge in [-0.2, -0.15) is 0 Å². The second-order valence-corrected chi connectivity index (χ2v) is 1.73. The van der Waals surface area contributed by atoms with Gasteiger partial charge in [0, 0.05) is 0 Å². The Labute approximate surface area is 64.4 Å². The van der Waals surface area contributed by atoms with Crippen molar-refractivity contribution in [2.24, 2.45) is 5.73 Å². The molecule has 0 saturated carbocycles. The van der Waals surface area contributed by atoms with E-state index in [1.54, 1.807) is 4.98 Å². The quantitative estimate of drug-likeness (QED) is 0.447. The van der Waals surface area contributed by atoms with Crippen molar-refractivity contribution < 1.29 is 9.53 Å². The Balaban J connectivity index is 3.10. The molecule has 1 rings (SSSR count). The SMILES string of the molecule is NC(=O)Oc1n[nH]c(=O)[nH]c1=O. The fourth-order valence-corrected chi connectivity index (χ4v) is 0.501. The van der Waals surface area contributed by atoms with Gasteiger partial charge in [-0.25, -0.2) is 14.7 Å². The number of nitrogens with one attached hydrogen (secondary N) is 2. The lowest BCUT2D eigenvalue weighted by Crippen LogP contribution is -2.28. The first-order chi connectivity index (χ1) is 5.59. The van der Waals surface area contributed by atoms with Crippen molar-refractivity contribution in [2.45, 2.75) is 0 Å². The number of primary amides is 1. The molecule has 1 aromatic rings. The predicted octanol–water partition coefficient (Wildman–Crippen LogP) is -2.08. The number of H-pyrrole nitrogens is 2. The number of ether oxygens (including phenoxy) is 1. The molecule has 1 aromatic heterocycles. The van der Waals surface area contributed by atoms with Crippen LogP contribution in [0.5, 0.6) is 5.88 Å². The van der Waals surface area contributed by atoms with Crippen LogP contribution in [0.25, 0.3) is 0 Å².